The van der Waals surface area contributed by atoms with Crippen molar-refractivity contribution in [3.05, 3.63) is 35.9 Å². The molecule has 1 fully saturated rings. The van der Waals surface area contributed by atoms with Crippen molar-refractivity contribution >= 4 is 17.8 Å². The Hall–Kier alpha value is -2.37. The smallest absolute Gasteiger partial charge is 0.309 e. The van der Waals surface area contributed by atoms with Crippen LogP contribution in [0.25, 0.3) is 0 Å². The summed E-state index contributed by atoms with van der Waals surface area (Å²) in [5, 5.41) is 5.40. The lowest BCUT2D eigenvalue weighted by molar-refractivity contribution is -0.148. The van der Waals surface area contributed by atoms with E-state index in [1.165, 1.54) is 7.11 Å². The maximum absolute atomic E-state index is 11.9. The van der Waals surface area contributed by atoms with Crippen molar-refractivity contribution in [2.24, 2.45) is 11.8 Å². The van der Waals surface area contributed by atoms with Crippen LogP contribution in [0.5, 0.6) is 0 Å². The number of hydrogen-bond donors (Lipinski definition) is 2. The van der Waals surface area contributed by atoms with Gasteiger partial charge in [0.2, 0.25) is 5.91 Å². The van der Waals surface area contributed by atoms with Crippen molar-refractivity contribution in [1.29, 1.82) is 0 Å². The van der Waals surface area contributed by atoms with Crippen LogP contribution in [-0.4, -0.2) is 38.0 Å². The third kappa shape index (κ3) is 5.08. The number of carbonyl (C=O) groups excluding carboxylic acids is 3. The molecule has 6 nitrogen and oxygen atoms in total. The standard InChI is InChI=1S/C18H24N2O4/c1-24-18(23)15-10-6-5-9-14(15)11-19-16(21)12-20-17(22)13-7-3-2-4-8-13/h2-4,7-8,14-15H,5-6,9-12H2,1H3,(H,19,21)(H,20,22). The molecular weight excluding hydrogens is 308 g/mol. The lowest BCUT2D eigenvalue weighted by Gasteiger charge is -2.29. The van der Waals surface area contributed by atoms with E-state index < -0.39 is 0 Å². The van der Waals surface area contributed by atoms with Gasteiger partial charge in [-0.3, -0.25) is 14.4 Å². The molecule has 0 radical (unpaired) electrons. The Morgan fingerprint density at radius 2 is 1.79 bits per heavy atom. The summed E-state index contributed by atoms with van der Waals surface area (Å²) in [7, 11) is 1.39. The molecule has 0 spiro atoms. The van der Waals surface area contributed by atoms with Gasteiger partial charge in [-0.2, -0.15) is 0 Å². The van der Waals surface area contributed by atoms with Gasteiger partial charge >= 0.3 is 5.97 Å². The van der Waals surface area contributed by atoms with Crippen molar-refractivity contribution in [3.8, 4) is 0 Å². The first-order valence-corrected chi connectivity index (χ1v) is 8.29. The molecule has 2 atom stereocenters. The number of hydrogen-bond acceptors (Lipinski definition) is 4. The Morgan fingerprint density at radius 1 is 1.08 bits per heavy atom. The van der Waals surface area contributed by atoms with Crippen LogP contribution in [0, 0.1) is 11.8 Å². The van der Waals surface area contributed by atoms with Gasteiger partial charge in [-0.25, -0.2) is 0 Å². The van der Waals surface area contributed by atoms with Crippen molar-refractivity contribution in [2.75, 3.05) is 20.2 Å². The maximum Gasteiger partial charge on any atom is 0.309 e. The first-order chi connectivity index (χ1) is 11.6. The predicted molar refractivity (Wildman–Crippen MR) is 89.2 cm³/mol. The second kappa shape index (κ2) is 9.05. The first kappa shape index (κ1) is 18.0. The average Bonchev–Trinajstić information content (AvgIpc) is 2.64. The lowest BCUT2D eigenvalue weighted by atomic mass is 9.79. The van der Waals surface area contributed by atoms with Gasteiger partial charge in [0.05, 0.1) is 19.6 Å². The van der Waals surface area contributed by atoms with Crippen LogP contribution in [0.2, 0.25) is 0 Å². The number of benzene rings is 1. The monoisotopic (exact) mass is 332 g/mol. The van der Waals surface area contributed by atoms with Gasteiger partial charge in [-0.15, -0.1) is 0 Å². The van der Waals surface area contributed by atoms with Gasteiger partial charge in [-0.05, 0) is 30.9 Å². The molecule has 1 aromatic carbocycles. The highest BCUT2D eigenvalue weighted by Crippen LogP contribution is 2.30. The maximum atomic E-state index is 11.9. The third-order valence-electron chi connectivity index (χ3n) is 4.42. The summed E-state index contributed by atoms with van der Waals surface area (Å²) < 4.78 is 4.85. The van der Waals surface area contributed by atoms with E-state index in [0.29, 0.717) is 12.1 Å². The molecule has 0 heterocycles. The highest BCUT2D eigenvalue weighted by molar-refractivity contribution is 5.96. The predicted octanol–water partition coefficient (Wildman–Crippen LogP) is 1.51. The van der Waals surface area contributed by atoms with E-state index in [0.717, 1.165) is 25.7 Å². The molecular formula is C18H24N2O4. The zero-order valence-corrected chi connectivity index (χ0v) is 13.9. The summed E-state index contributed by atoms with van der Waals surface area (Å²) in [4.78, 5) is 35.6. The molecule has 0 aliphatic heterocycles. The largest absolute Gasteiger partial charge is 0.469 e. The number of methoxy groups -OCH3 is 1. The number of nitrogens with one attached hydrogen (secondary N) is 2. The minimum atomic E-state index is -0.282. The average molecular weight is 332 g/mol. The van der Waals surface area contributed by atoms with E-state index in [9.17, 15) is 14.4 Å². The first-order valence-electron chi connectivity index (χ1n) is 8.29. The fraction of sp³-hybridized carbons (Fsp3) is 0.500. The molecule has 1 aromatic rings. The molecule has 1 aliphatic rings. The molecule has 0 bridgehead atoms. The molecule has 6 heteroatoms. The van der Waals surface area contributed by atoms with E-state index in [2.05, 4.69) is 10.6 Å². The zero-order valence-electron chi connectivity index (χ0n) is 13.9. The molecule has 1 saturated carbocycles. The lowest BCUT2D eigenvalue weighted by Crippen LogP contribution is -2.42. The van der Waals surface area contributed by atoms with E-state index >= 15 is 0 Å². The molecule has 2 N–H and O–H groups in total. The zero-order chi connectivity index (χ0) is 17.4. The molecule has 24 heavy (non-hydrogen) atoms. The summed E-state index contributed by atoms with van der Waals surface area (Å²) in [6.45, 7) is 0.350. The van der Waals surface area contributed by atoms with Crippen molar-refractivity contribution in [2.45, 2.75) is 25.7 Å². The number of amides is 2. The summed E-state index contributed by atoms with van der Waals surface area (Å²) in [5.41, 5.74) is 0.517. The number of ether oxygens (including phenoxy) is 1. The van der Waals surface area contributed by atoms with Crippen molar-refractivity contribution < 1.29 is 19.1 Å². The Labute approximate surface area is 142 Å². The van der Waals surface area contributed by atoms with Gasteiger partial charge in [-0.1, -0.05) is 31.0 Å². The van der Waals surface area contributed by atoms with Crippen LogP contribution >= 0.6 is 0 Å². The van der Waals surface area contributed by atoms with Crippen LogP contribution in [-0.2, 0) is 14.3 Å². The van der Waals surface area contributed by atoms with Crippen molar-refractivity contribution in [3.63, 3.8) is 0 Å². The van der Waals surface area contributed by atoms with E-state index in [4.69, 9.17) is 4.74 Å². The van der Waals surface area contributed by atoms with Crippen LogP contribution in [0.4, 0.5) is 0 Å². The molecule has 2 unspecified atom stereocenters. The van der Waals surface area contributed by atoms with Gasteiger partial charge < -0.3 is 15.4 Å². The number of rotatable bonds is 6. The Morgan fingerprint density at radius 3 is 2.50 bits per heavy atom. The molecule has 130 valence electrons. The van der Waals surface area contributed by atoms with Gasteiger partial charge in [0, 0.05) is 12.1 Å². The SMILES string of the molecule is COC(=O)C1CCCCC1CNC(=O)CNC(=O)c1ccccc1. The Bertz CT molecular complexity index is 574. The quantitative estimate of drug-likeness (QED) is 0.774. The summed E-state index contributed by atoms with van der Waals surface area (Å²) in [5.74, 6) is -0.793. The molecule has 0 aromatic heterocycles. The third-order valence-corrected chi connectivity index (χ3v) is 4.42. The van der Waals surface area contributed by atoms with Crippen LogP contribution in [0.1, 0.15) is 36.0 Å². The fourth-order valence-electron chi connectivity index (χ4n) is 3.07. The van der Waals surface area contributed by atoms with Crippen LogP contribution in [0.3, 0.4) is 0 Å². The van der Waals surface area contributed by atoms with Gasteiger partial charge in [0.15, 0.2) is 0 Å². The Balaban J connectivity index is 1.76. The van der Waals surface area contributed by atoms with Gasteiger partial charge in [0.25, 0.3) is 5.91 Å². The van der Waals surface area contributed by atoms with E-state index in [-0.39, 0.29) is 36.2 Å². The van der Waals surface area contributed by atoms with E-state index in [1.54, 1.807) is 24.3 Å². The highest BCUT2D eigenvalue weighted by atomic mass is 16.5. The highest BCUT2D eigenvalue weighted by Gasteiger charge is 2.31. The second-order valence-corrected chi connectivity index (χ2v) is 6.03. The molecule has 0 saturated heterocycles. The van der Waals surface area contributed by atoms with Crippen LogP contribution in [0.15, 0.2) is 30.3 Å². The number of esters is 1. The fourth-order valence-corrected chi connectivity index (χ4v) is 3.07. The number of carbonyl (C=O) groups is 3. The van der Waals surface area contributed by atoms with Gasteiger partial charge in [0.1, 0.15) is 0 Å². The summed E-state index contributed by atoms with van der Waals surface area (Å²) >= 11 is 0. The van der Waals surface area contributed by atoms with E-state index in [1.807, 2.05) is 6.07 Å². The normalized spacial score (nSPS) is 20.0. The molecule has 2 rings (SSSR count). The van der Waals surface area contributed by atoms with Crippen molar-refractivity contribution in [1.82, 2.24) is 10.6 Å². The minimum Gasteiger partial charge on any atom is -0.469 e. The topological polar surface area (TPSA) is 84.5 Å². The summed E-state index contributed by atoms with van der Waals surface area (Å²) in [6.07, 6.45) is 3.77. The summed E-state index contributed by atoms with van der Waals surface area (Å²) in [6, 6.07) is 8.74. The Kier molecular flexibility index (Phi) is 6.78. The van der Waals surface area contributed by atoms with Crippen LogP contribution < -0.4 is 10.6 Å². The molecule has 2 amide bonds. The second-order valence-electron chi connectivity index (χ2n) is 6.03. The molecule has 1 aliphatic carbocycles. The minimum absolute atomic E-state index is 0.0800.